The van der Waals surface area contributed by atoms with Gasteiger partial charge in [-0.15, -0.1) is 5.10 Å². The predicted molar refractivity (Wildman–Crippen MR) is 145 cm³/mol. The molecule has 0 unspecified atom stereocenters. The number of rotatable bonds is 8. The molecule has 1 aliphatic rings. The van der Waals surface area contributed by atoms with Crippen LogP contribution in [0.4, 0.5) is 5.82 Å². The Morgan fingerprint density at radius 3 is 2.50 bits per heavy atom. The molecule has 7 nitrogen and oxygen atoms in total. The first-order valence-corrected chi connectivity index (χ1v) is 12.9. The highest BCUT2D eigenvalue weighted by molar-refractivity contribution is 5.92. The molecule has 3 heterocycles. The standard InChI is InChI=1S/C29H36N6O/c1-21-27-22(2)35(32-28(27)29(31-30-21)33(3)4)25-11-8-12-26(19-25)36-20-24-14-17-34(18-15-24)16-13-23-9-6-5-7-10-23/h5-12,19,24H,13-18,20H2,1-4H3. The Bertz CT molecular complexity index is 1310. The van der Waals surface area contributed by atoms with Crippen molar-refractivity contribution >= 4 is 16.7 Å². The zero-order valence-electron chi connectivity index (χ0n) is 21.8. The third-order valence-corrected chi connectivity index (χ3v) is 7.22. The Morgan fingerprint density at radius 2 is 1.75 bits per heavy atom. The van der Waals surface area contributed by atoms with Gasteiger partial charge in [0, 0.05) is 26.7 Å². The van der Waals surface area contributed by atoms with E-state index in [0.717, 1.165) is 72.2 Å². The van der Waals surface area contributed by atoms with Gasteiger partial charge in [-0.2, -0.15) is 10.2 Å². The van der Waals surface area contributed by atoms with Gasteiger partial charge in [-0.05, 0) is 69.8 Å². The first-order valence-electron chi connectivity index (χ1n) is 12.9. The molecule has 4 aromatic rings. The molecule has 1 saturated heterocycles. The largest absolute Gasteiger partial charge is 0.493 e. The van der Waals surface area contributed by atoms with Crippen molar-refractivity contribution < 1.29 is 4.74 Å². The summed E-state index contributed by atoms with van der Waals surface area (Å²) in [4.78, 5) is 4.54. The normalized spacial score (nSPS) is 14.9. The van der Waals surface area contributed by atoms with E-state index in [1.54, 1.807) is 0 Å². The van der Waals surface area contributed by atoms with Crippen LogP contribution in [0.1, 0.15) is 29.8 Å². The predicted octanol–water partition coefficient (Wildman–Crippen LogP) is 4.83. The fraction of sp³-hybridized carbons (Fsp3) is 0.414. The minimum Gasteiger partial charge on any atom is -0.493 e. The van der Waals surface area contributed by atoms with Gasteiger partial charge in [0.1, 0.15) is 11.3 Å². The van der Waals surface area contributed by atoms with Crippen molar-refractivity contribution in [2.75, 3.05) is 45.2 Å². The van der Waals surface area contributed by atoms with Crippen molar-refractivity contribution in [2.24, 2.45) is 5.92 Å². The lowest BCUT2D eigenvalue weighted by Gasteiger charge is -2.31. The molecule has 0 N–H and O–H groups in total. The number of aromatic nitrogens is 4. The lowest BCUT2D eigenvalue weighted by molar-refractivity contribution is 0.142. The van der Waals surface area contributed by atoms with Gasteiger partial charge in [-0.3, -0.25) is 0 Å². The van der Waals surface area contributed by atoms with E-state index in [4.69, 9.17) is 9.84 Å². The zero-order chi connectivity index (χ0) is 25.1. The highest BCUT2D eigenvalue weighted by Gasteiger charge is 2.21. The fourth-order valence-corrected chi connectivity index (χ4v) is 5.09. The molecule has 36 heavy (non-hydrogen) atoms. The Morgan fingerprint density at radius 1 is 0.972 bits per heavy atom. The van der Waals surface area contributed by atoms with Gasteiger partial charge < -0.3 is 14.5 Å². The van der Waals surface area contributed by atoms with Gasteiger partial charge in [-0.25, -0.2) is 4.68 Å². The number of hydrogen-bond donors (Lipinski definition) is 0. The molecular formula is C29H36N6O. The molecule has 0 bridgehead atoms. The molecule has 2 aromatic carbocycles. The highest BCUT2D eigenvalue weighted by Crippen LogP contribution is 2.29. The van der Waals surface area contributed by atoms with Gasteiger partial charge in [0.05, 0.1) is 29.1 Å². The molecule has 0 radical (unpaired) electrons. The summed E-state index contributed by atoms with van der Waals surface area (Å²) in [5, 5.41) is 14.7. The van der Waals surface area contributed by atoms with Crippen molar-refractivity contribution in [3.63, 3.8) is 0 Å². The number of piperidine rings is 1. The summed E-state index contributed by atoms with van der Waals surface area (Å²) in [6.45, 7) is 8.26. The van der Waals surface area contributed by atoms with Gasteiger partial charge in [-0.1, -0.05) is 36.4 Å². The number of likely N-dealkylation sites (tertiary alicyclic amines) is 1. The molecule has 1 aliphatic heterocycles. The summed E-state index contributed by atoms with van der Waals surface area (Å²) in [5.74, 6) is 2.26. The van der Waals surface area contributed by atoms with Crippen LogP contribution in [0.25, 0.3) is 16.6 Å². The summed E-state index contributed by atoms with van der Waals surface area (Å²) in [6, 6.07) is 19.0. The van der Waals surface area contributed by atoms with Crippen molar-refractivity contribution in [3.8, 4) is 11.4 Å². The summed E-state index contributed by atoms with van der Waals surface area (Å²) >= 11 is 0. The van der Waals surface area contributed by atoms with Crippen LogP contribution >= 0.6 is 0 Å². The lowest BCUT2D eigenvalue weighted by atomic mass is 9.97. The molecule has 0 atom stereocenters. The van der Waals surface area contributed by atoms with Crippen LogP contribution in [0.3, 0.4) is 0 Å². The molecule has 0 amide bonds. The van der Waals surface area contributed by atoms with Crippen LogP contribution in [0.15, 0.2) is 54.6 Å². The van der Waals surface area contributed by atoms with Crippen LogP contribution in [0, 0.1) is 19.8 Å². The molecule has 0 spiro atoms. The van der Waals surface area contributed by atoms with Gasteiger partial charge in [0.15, 0.2) is 5.82 Å². The molecule has 7 heteroatoms. The third kappa shape index (κ3) is 5.21. The third-order valence-electron chi connectivity index (χ3n) is 7.22. The monoisotopic (exact) mass is 484 g/mol. The lowest BCUT2D eigenvalue weighted by Crippen LogP contribution is -2.36. The van der Waals surface area contributed by atoms with Crippen LogP contribution in [-0.2, 0) is 6.42 Å². The molecule has 2 aromatic heterocycles. The molecule has 5 rings (SSSR count). The summed E-state index contributed by atoms with van der Waals surface area (Å²) in [6.07, 6.45) is 3.49. The summed E-state index contributed by atoms with van der Waals surface area (Å²) in [5.41, 5.74) is 5.22. The smallest absolute Gasteiger partial charge is 0.179 e. The maximum atomic E-state index is 6.28. The van der Waals surface area contributed by atoms with Crippen LogP contribution in [0.5, 0.6) is 5.75 Å². The maximum absolute atomic E-state index is 6.28. The zero-order valence-corrected chi connectivity index (χ0v) is 21.8. The first kappa shape index (κ1) is 24.3. The Hall–Kier alpha value is -3.45. The summed E-state index contributed by atoms with van der Waals surface area (Å²) < 4.78 is 8.26. The average molecular weight is 485 g/mol. The second-order valence-electron chi connectivity index (χ2n) is 10.1. The van der Waals surface area contributed by atoms with Gasteiger partial charge >= 0.3 is 0 Å². The Labute approximate surface area is 213 Å². The van der Waals surface area contributed by atoms with Crippen LogP contribution < -0.4 is 9.64 Å². The molecular weight excluding hydrogens is 448 g/mol. The van der Waals surface area contributed by atoms with Crippen molar-refractivity contribution in [3.05, 3.63) is 71.5 Å². The fourth-order valence-electron chi connectivity index (χ4n) is 5.09. The van der Waals surface area contributed by atoms with Crippen LogP contribution in [-0.4, -0.2) is 65.2 Å². The quantitative estimate of drug-likeness (QED) is 0.357. The number of hydrogen-bond acceptors (Lipinski definition) is 6. The van der Waals surface area contributed by atoms with Crippen molar-refractivity contribution in [1.82, 2.24) is 24.9 Å². The van der Waals surface area contributed by atoms with E-state index in [2.05, 4.69) is 64.5 Å². The molecule has 1 fully saturated rings. The number of fused-ring (bicyclic) bond motifs is 1. The van der Waals surface area contributed by atoms with E-state index in [9.17, 15) is 0 Å². The Kier molecular flexibility index (Phi) is 7.18. The van der Waals surface area contributed by atoms with E-state index in [1.807, 2.05) is 42.7 Å². The number of aryl methyl sites for hydroxylation is 2. The van der Waals surface area contributed by atoms with E-state index in [-0.39, 0.29) is 0 Å². The highest BCUT2D eigenvalue weighted by atomic mass is 16.5. The number of benzene rings is 2. The second-order valence-corrected chi connectivity index (χ2v) is 10.1. The minimum absolute atomic E-state index is 0.595. The van der Waals surface area contributed by atoms with Gasteiger partial charge in [0.2, 0.25) is 0 Å². The van der Waals surface area contributed by atoms with E-state index in [0.29, 0.717) is 5.92 Å². The van der Waals surface area contributed by atoms with E-state index >= 15 is 0 Å². The molecule has 0 saturated carbocycles. The molecule has 188 valence electrons. The average Bonchev–Trinajstić information content (AvgIpc) is 3.25. The topological polar surface area (TPSA) is 59.3 Å². The minimum atomic E-state index is 0.595. The number of nitrogens with zero attached hydrogens (tertiary/aromatic N) is 6. The Balaban J connectivity index is 1.21. The van der Waals surface area contributed by atoms with Crippen LogP contribution in [0.2, 0.25) is 0 Å². The van der Waals surface area contributed by atoms with Crippen molar-refractivity contribution in [2.45, 2.75) is 33.1 Å². The van der Waals surface area contributed by atoms with Crippen molar-refractivity contribution in [1.29, 1.82) is 0 Å². The summed E-state index contributed by atoms with van der Waals surface area (Å²) in [7, 11) is 3.94. The second kappa shape index (κ2) is 10.7. The SMILES string of the molecule is Cc1nnc(N(C)C)c2nn(-c3cccc(OCC4CCN(CCc5ccccc5)CC4)c3)c(C)c12. The number of anilines is 1. The first-order chi connectivity index (χ1) is 17.5. The molecule has 0 aliphatic carbocycles. The van der Waals surface area contributed by atoms with E-state index in [1.165, 1.54) is 18.4 Å². The van der Waals surface area contributed by atoms with E-state index < -0.39 is 0 Å². The number of ether oxygens (including phenoxy) is 1. The maximum Gasteiger partial charge on any atom is 0.179 e. The van der Waals surface area contributed by atoms with Gasteiger partial charge in [0.25, 0.3) is 0 Å².